The Hall–Kier alpha value is -0.770. The van der Waals surface area contributed by atoms with Gasteiger partial charge >= 0.3 is 6.03 Å². The van der Waals surface area contributed by atoms with E-state index in [1.54, 1.807) is 0 Å². The van der Waals surface area contributed by atoms with Crippen molar-refractivity contribution in [3.8, 4) is 0 Å². The van der Waals surface area contributed by atoms with Crippen molar-refractivity contribution in [2.75, 3.05) is 13.1 Å². The molecule has 0 saturated heterocycles. The Bertz CT molecular complexity index is 271. The number of hydrogen-bond donors (Lipinski definition) is 2. The van der Waals surface area contributed by atoms with Gasteiger partial charge in [-0.15, -0.1) is 0 Å². The molecule has 1 rings (SSSR count). The molecule has 19 heavy (non-hydrogen) atoms. The summed E-state index contributed by atoms with van der Waals surface area (Å²) in [6.07, 6.45) is 8.00. The minimum absolute atomic E-state index is 0.0594. The van der Waals surface area contributed by atoms with Gasteiger partial charge in [-0.2, -0.15) is 0 Å². The third-order valence-corrected chi connectivity index (χ3v) is 4.09. The van der Waals surface area contributed by atoms with Crippen molar-refractivity contribution < 1.29 is 4.79 Å². The van der Waals surface area contributed by atoms with E-state index >= 15 is 0 Å². The normalized spacial score (nSPS) is 19.0. The highest BCUT2D eigenvalue weighted by Gasteiger charge is 2.38. The average Bonchev–Trinajstić information content (AvgIpc) is 2.61. The van der Waals surface area contributed by atoms with Gasteiger partial charge < -0.3 is 16.0 Å². The van der Waals surface area contributed by atoms with Crippen molar-refractivity contribution in [2.24, 2.45) is 5.73 Å². The van der Waals surface area contributed by atoms with Crippen LogP contribution in [0.4, 0.5) is 4.79 Å². The molecule has 0 aromatic heterocycles. The highest BCUT2D eigenvalue weighted by atomic mass is 16.2. The van der Waals surface area contributed by atoms with Crippen LogP contribution in [0.25, 0.3) is 0 Å². The summed E-state index contributed by atoms with van der Waals surface area (Å²) in [6, 6.07) is 0.233. The van der Waals surface area contributed by atoms with Gasteiger partial charge in [0, 0.05) is 19.1 Å². The molecular formula is C15H31N3O. The molecule has 1 fully saturated rings. The van der Waals surface area contributed by atoms with Gasteiger partial charge in [0.25, 0.3) is 0 Å². The molecule has 0 unspecified atom stereocenters. The second-order valence-electron chi connectivity index (χ2n) is 6.10. The molecule has 3 N–H and O–H groups in total. The standard InChI is InChI=1S/C15H31N3O/c1-4-11-18(14(19)17-13(2)3)15(12-16)9-7-5-6-8-10-15/h13H,4-12,16H2,1-3H3,(H,17,19). The number of hydrogen-bond acceptors (Lipinski definition) is 2. The maximum atomic E-state index is 12.5. The van der Waals surface area contributed by atoms with Crippen molar-refractivity contribution in [1.29, 1.82) is 0 Å². The van der Waals surface area contributed by atoms with Crippen LogP contribution in [-0.4, -0.2) is 35.6 Å². The quantitative estimate of drug-likeness (QED) is 0.754. The largest absolute Gasteiger partial charge is 0.336 e. The lowest BCUT2D eigenvalue weighted by Gasteiger charge is -2.43. The monoisotopic (exact) mass is 269 g/mol. The molecule has 1 aliphatic carbocycles. The molecule has 0 aromatic carbocycles. The molecule has 0 heterocycles. The van der Waals surface area contributed by atoms with Gasteiger partial charge in [-0.1, -0.05) is 32.6 Å². The third-order valence-electron chi connectivity index (χ3n) is 4.09. The fourth-order valence-electron chi connectivity index (χ4n) is 3.07. The number of nitrogens with one attached hydrogen (secondary N) is 1. The molecule has 1 saturated carbocycles. The van der Waals surface area contributed by atoms with Crippen LogP contribution in [0.15, 0.2) is 0 Å². The summed E-state index contributed by atoms with van der Waals surface area (Å²) in [4.78, 5) is 14.5. The van der Waals surface area contributed by atoms with Gasteiger partial charge in [0.05, 0.1) is 5.54 Å². The maximum absolute atomic E-state index is 12.5. The predicted molar refractivity (Wildman–Crippen MR) is 80.2 cm³/mol. The minimum atomic E-state index is -0.120. The van der Waals surface area contributed by atoms with Crippen LogP contribution in [0.5, 0.6) is 0 Å². The molecule has 0 aliphatic heterocycles. The predicted octanol–water partition coefficient (Wildman–Crippen LogP) is 2.87. The van der Waals surface area contributed by atoms with E-state index in [-0.39, 0.29) is 17.6 Å². The number of carbonyl (C=O) groups excluding carboxylic acids is 1. The van der Waals surface area contributed by atoms with E-state index in [0.29, 0.717) is 6.54 Å². The molecule has 4 heteroatoms. The van der Waals surface area contributed by atoms with Crippen LogP contribution in [0, 0.1) is 0 Å². The van der Waals surface area contributed by atoms with Crippen LogP contribution < -0.4 is 11.1 Å². The Morgan fingerprint density at radius 1 is 1.26 bits per heavy atom. The molecule has 0 spiro atoms. The van der Waals surface area contributed by atoms with Crippen molar-refractivity contribution in [3.05, 3.63) is 0 Å². The summed E-state index contributed by atoms with van der Waals surface area (Å²) >= 11 is 0. The van der Waals surface area contributed by atoms with Gasteiger partial charge in [0.1, 0.15) is 0 Å². The van der Waals surface area contributed by atoms with Gasteiger partial charge in [0.15, 0.2) is 0 Å². The van der Waals surface area contributed by atoms with E-state index in [9.17, 15) is 4.79 Å². The highest BCUT2D eigenvalue weighted by molar-refractivity contribution is 5.75. The van der Waals surface area contributed by atoms with Crippen LogP contribution in [-0.2, 0) is 0 Å². The fraction of sp³-hybridized carbons (Fsp3) is 0.933. The van der Waals surface area contributed by atoms with Gasteiger partial charge in [-0.25, -0.2) is 4.79 Å². The summed E-state index contributed by atoms with van der Waals surface area (Å²) in [6.45, 7) is 7.51. The van der Waals surface area contributed by atoms with Crippen molar-refractivity contribution >= 4 is 6.03 Å². The fourth-order valence-corrected chi connectivity index (χ4v) is 3.07. The second-order valence-corrected chi connectivity index (χ2v) is 6.10. The molecule has 4 nitrogen and oxygen atoms in total. The maximum Gasteiger partial charge on any atom is 0.318 e. The molecule has 0 atom stereocenters. The Morgan fingerprint density at radius 2 is 1.84 bits per heavy atom. The van der Waals surface area contributed by atoms with Gasteiger partial charge in [0.2, 0.25) is 0 Å². The van der Waals surface area contributed by atoms with Crippen LogP contribution in [0.3, 0.4) is 0 Å². The number of rotatable bonds is 5. The van der Waals surface area contributed by atoms with Crippen molar-refractivity contribution in [1.82, 2.24) is 10.2 Å². The smallest absolute Gasteiger partial charge is 0.318 e. The molecule has 1 aliphatic rings. The third kappa shape index (κ3) is 4.37. The Kier molecular flexibility index (Phi) is 6.63. The first-order valence-electron chi connectivity index (χ1n) is 7.84. The van der Waals surface area contributed by atoms with Gasteiger partial charge in [-0.3, -0.25) is 0 Å². The number of carbonyl (C=O) groups is 1. The Balaban J connectivity index is 2.88. The van der Waals surface area contributed by atoms with Crippen molar-refractivity contribution in [2.45, 2.75) is 77.3 Å². The summed E-state index contributed by atoms with van der Waals surface area (Å²) in [5, 5.41) is 3.04. The highest BCUT2D eigenvalue weighted by Crippen LogP contribution is 2.32. The summed E-state index contributed by atoms with van der Waals surface area (Å²) in [5.41, 5.74) is 5.97. The van der Waals surface area contributed by atoms with Crippen molar-refractivity contribution in [3.63, 3.8) is 0 Å². The molecule has 0 radical (unpaired) electrons. The lowest BCUT2D eigenvalue weighted by atomic mass is 9.88. The zero-order valence-electron chi connectivity index (χ0n) is 12.9. The zero-order valence-corrected chi connectivity index (χ0v) is 12.9. The van der Waals surface area contributed by atoms with E-state index in [0.717, 1.165) is 25.8 Å². The van der Waals surface area contributed by atoms with E-state index in [1.807, 2.05) is 18.7 Å². The number of nitrogens with zero attached hydrogens (tertiary/aromatic N) is 1. The molecule has 2 amide bonds. The first kappa shape index (κ1) is 16.3. The molecular weight excluding hydrogens is 238 g/mol. The zero-order chi connectivity index (χ0) is 14.3. The lowest BCUT2D eigenvalue weighted by Crippen LogP contribution is -2.59. The Morgan fingerprint density at radius 3 is 2.26 bits per heavy atom. The SMILES string of the molecule is CCCN(C(=O)NC(C)C)C1(CN)CCCCCC1. The topological polar surface area (TPSA) is 58.4 Å². The second kappa shape index (κ2) is 7.73. The van der Waals surface area contributed by atoms with E-state index in [4.69, 9.17) is 5.73 Å². The minimum Gasteiger partial charge on any atom is -0.336 e. The number of urea groups is 1. The molecule has 0 bridgehead atoms. The van der Waals surface area contributed by atoms with E-state index < -0.39 is 0 Å². The van der Waals surface area contributed by atoms with E-state index in [1.165, 1.54) is 25.7 Å². The molecule has 0 aromatic rings. The first-order valence-corrected chi connectivity index (χ1v) is 7.84. The van der Waals surface area contributed by atoms with Crippen LogP contribution in [0.2, 0.25) is 0 Å². The summed E-state index contributed by atoms with van der Waals surface area (Å²) in [5.74, 6) is 0. The average molecular weight is 269 g/mol. The lowest BCUT2D eigenvalue weighted by molar-refractivity contribution is 0.101. The molecule has 112 valence electrons. The first-order chi connectivity index (χ1) is 9.05. The number of amides is 2. The summed E-state index contributed by atoms with van der Waals surface area (Å²) in [7, 11) is 0. The van der Waals surface area contributed by atoms with Crippen LogP contribution in [0.1, 0.15) is 65.7 Å². The van der Waals surface area contributed by atoms with Gasteiger partial charge in [-0.05, 0) is 33.1 Å². The Labute approximate surface area is 118 Å². The summed E-state index contributed by atoms with van der Waals surface area (Å²) < 4.78 is 0. The number of nitrogens with two attached hydrogens (primary N) is 1. The van der Waals surface area contributed by atoms with E-state index in [2.05, 4.69) is 12.2 Å². The van der Waals surface area contributed by atoms with Crippen LogP contribution >= 0.6 is 0 Å².